The van der Waals surface area contributed by atoms with E-state index >= 15 is 0 Å². The number of hydrogen-bond acceptors (Lipinski definition) is 2. The van der Waals surface area contributed by atoms with E-state index in [-0.39, 0.29) is 18.0 Å². The molecule has 0 radical (unpaired) electrons. The second-order valence-corrected chi connectivity index (χ2v) is 2.79. The number of rotatable bonds is 2. The molecule has 62 valence electrons. The maximum Gasteiger partial charge on any atom is 0.321 e. The lowest BCUT2D eigenvalue weighted by Crippen LogP contribution is -2.18. The summed E-state index contributed by atoms with van der Waals surface area (Å²) in [5.41, 5.74) is 0. The molecule has 1 aliphatic carbocycles. The Labute approximate surface area is 71.2 Å². The van der Waals surface area contributed by atoms with Crippen LogP contribution in [0.4, 0.5) is 0 Å². The minimum Gasteiger partial charge on any atom is -0.457 e. The van der Waals surface area contributed by atoms with Gasteiger partial charge in [-0.05, 0) is 25.3 Å². The van der Waals surface area contributed by atoms with Crippen molar-refractivity contribution < 1.29 is 9.53 Å². The molecule has 1 atom stereocenters. The van der Waals surface area contributed by atoms with Crippen molar-refractivity contribution in [1.29, 1.82) is 0 Å². The molecule has 0 bridgehead atoms. The molecule has 0 aromatic heterocycles. The van der Waals surface area contributed by atoms with Crippen LogP contribution in [-0.4, -0.2) is 18.0 Å². The van der Waals surface area contributed by atoms with Gasteiger partial charge in [-0.15, -0.1) is 11.6 Å². The normalized spacial score (nSPS) is 23.2. The number of alkyl halides is 1. The molecule has 0 amide bonds. The van der Waals surface area contributed by atoms with Gasteiger partial charge in [-0.3, -0.25) is 4.79 Å². The molecule has 1 aliphatic rings. The SMILES string of the molecule is O=C(CCl)OC1C=CCCC1. The van der Waals surface area contributed by atoms with Gasteiger partial charge in [-0.25, -0.2) is 0 Å². The molecular weight excluding hydrogens is 164 g/mol. The summed E-state index contributed by atoms with van der Waals surface area (Å²) in [6, 6.07) is 0. The second kappa shape index (κ2) is 4.39. The third-order valence-electron chi connectivity index (χ3n) is 1.60. The predicted octanol–water partition coefficient (Wildman–Crippen LogP) is 1.88. The molecule has 0 heterocycles. The highest BCUT2D eigenvalue weighted by Crippen LogP contribution is 2.13. The number of allylic oxidation sites excluding steroid dienone is 1. The lowest BCUT2D eigenvalue weighted by Gasteiger charge is -2.15. The number of ether oxygens (including phenoxy) is 1. The largest absolute Gasteiger partial charge is 0.457 e. The van der Waals surface area contributed by atoms with Crippen molar-refractivity contribution in [2.75, 3.05) is 5.88 Å². The topological polar surface area (TPSA) is 26.3 Å². The first-order chi connectivity index (χ1) is 5.33. The standard InChI is InChI=1S/C8H11ClO2/c9-6-8(10)11-7-4-2-1-3-5-7/h2,4,7H,1,3,5-6H2. The van der Waals surface area contributed by atoms with Gasteiger partial charge in [0.1, 0.15) is 12.0 Å². The summed E-state index contributed by atoms with van der Waals surface area (Å²) in [5.74, 6) is -0.382. The molecule has 0 N–H and O–H groups in total. The van der Waals surface area contributed by atoms with Crippen molar-refractivity contribution in [2.45, 2.75) is 25.4 Å². The molecule has 0 aromatic rings. The summed E-state index contributed by atoms with van der Waals surface area (Å²) >= 11 is 5.27. The highest BCUT2D eigenvalue weighted by molar-refractivity contribution is 6.26. The number of hydrogen-bond donors (Lipinski definition) is 0. The summed E-state index contributed by atoms with van der Waals surface area (Å²) in [5, 5.41) is 0. The van der Waals surface area contributed by atoms with Crippen molar-refractivity contribution in [3.05, 3.63) is 12.2 Å². The van der Waals surface area contributed by atoms with Gasteiger partial charge in [-0.1, -0.05) is 6.08 Å². The fourth-order valence-corrected chi connectivity index (χ4v) is 1.14. The lowest BCUT2D eigenvalue weighted by atomic mass is 10.1. The van der Waals surface area contributed by atoms with Gasteiger partial charge in [-0.2, -0.15) is 0 Å². The zero-order valence-corrected chi connectivity index (χ0v) is 7.01. The number of halogens is 1. The molecule has 3 heteroatoms. The summed E-state index contributed by atoms with van der Waals surface area (Å²) in [4.78, 5) is 10.7. The van der Waals surface area contributed by atoms with Crippen LogP contribution in [0.5, 0.6) is 0 Å². The van der Waals surface area contributed by atoms with Crippen LogP contribution in [0.1, 0.15) is 19.3 Å². The molecule has 0 spiro atoms. The Morgan fingerprint density at radius 3 is 3.09 bits per heavy atom. The Kier molecular flexibility index (Phi) is 3.43. The molecule has 0 saturated heterocycles. The van der Waals surface area contributed by atoms with Crippen molar-refractivity contribution in [1.82, 2.24) is 0 Å². The molecule has 0 aliphatic heterocycles. The fraction of sp³-hybridized carbons (Fsp3) is 0.625. The van der Waals surface area contributed by atoms with Gasteiger partial charge in [0.05, 0.1) is 0 Å². The summed E-state index contributed by atoms with van der Waals surface area (Å²) in [6.07, 6.45) is 7.05. The smallest absolute Gasteiger partial charge is 0.321 e. The van der Waals surface area contributed by atoms with Gasteiger partial charge in [0.25, 0.3) is 0 Å². The zero-order chi connectivity index (χ0) is 8.10. The van der Waals surface area contributed by atoms with Crippen LogP contribution in [-0.2, 0) is 9.53 Å². The molecule has 0 saturated carbocycles. The Bertz CT molecular complexity index is 165. The van der Waals surface area contributed by atoms with E-state index in [1.54, 1.807) is 0 Å². The number of esters is 1. The van der Waals surface area contributed by atoms with Crippen LogP contribution in [0.15, 0.2) is 12.2 Å². The van der Waals surface area contributed by atoms with Crippen LogP contribution in [0.25, 0.3) is 0 Å². The summed E-state index contributed by atoms with van der Waals surface area (Å²) < 4.78 is 4.98. The van der Waals surface area contributed by atoms with Gasteiger partial charge < -0.3 is 4.74 Å². The monoisotopic (exact) mass is 174 g/mol. The van der Waals surface area contributed by atoms with E-state index < -0.39 is 0 Å². The van der Waals surface area contributed by atoms with Gasteiger partial charge in [0.15, 0.2) is 0 Å². The first-order valence-electron chi connectivity index (χ1n) is 3.75. The summed E-state index contributed by atoms with van der Waals surface area (Å²) in [7, 11) is 0. The van der Waals surface area contributed by atoms with E-state index in [0.29, 0.717) is 0 Å². The van der Waals surface area contributed by atoms with Gasteiger partial charge in [0.2, 0.25) is 0 Å². The van der Waals surface area contributed by atoms with Crippen LogP contribution >= 0.6 is 11.6 Å². The predicted molar refractivity (Wildman–Crippen MR) is 43.6 cm³/mol. The highest BCUT2D eigenvalue weighted by Gasteiger charge is 2.11. The quantitative estimate of drug-likeness (QED) is 0.363. The van der Waals surface area contributed by atoms with E-state index in [9.17, 15) is 4.79 Å². The zero-order valence-electron chi connectivity index (χ0n) is 6.25. The maximum absolute atomic E-state index is 10.7. The van der Waals surface area contributed by atoms with Crippen molar-refractivity contribution in [3.63, 3.8) is 0 Å². The number of carbonyl (C=O) groups excluding carboxylic acids is 1. The van der Waals surface area contributed by atoms with Crippen molar-refractivity contribution in [3.8, 4) is 0 Å². The number of carbonyl (C=O) groups is 1. The molecule has 11 heavy (non-hydrogen) atoms. The van der Waals surface area contributed by atoms with E-state index in [1.807, 2.05) is 12.2 Å². The Morgan fingerprint density at radius 2 is 2.55 bits per heavy atom. The van der Waals surface area contributed by atoms with Gasteiger partial charge >= 0.3 is 5.97 Å². The van der Waals surface area contributed by atoms with Crippen LogP contribution in [0, 0.1) is 0 Å². The van der Waals surface area contributed by atoms with Gasteiger partial charge in [0, 0.05) is 0 Å². The average molecular weight is 175 g/mol. The minimum absolute atomic E-state index is 0.0324. The molecule has 0 fully saturated rings. The highest BCUT2D eigenvalue weighted by atomic mass is 35.5. The minimum atomic E-state index is -0.330. The second-order valence-electron chi connectivity index (χ2n) is 2.52. The van der Waals surface area contributed by atoms with Crippen LogP contribution in [0.3, 0.4) is 0 Å². The fourth-order valence-electron chi connectivity index (χ4n) is 1.08. The van der Waals surface area contributed by atoms with E-state index in [4.69, 9.17) is 16.3 Å². The molecule has 0 aromatic carbocycles. The average Bonchev–Trinajstić information content (AvgIpc) is 2.06. The molecule has 1 unspecified atom stereocenters. The van der Waals surface area contributed by atoms with E-state index in [0.717, 1.165) is 19.3 Å². The Balaban J connectivity index is 2.30. The Morgan fingerprint density at radius 1 is 1.73 bits per heavy atom. The first kappa shape index (κ1) is 8.60. The van der Waals surface area contributed by atoms with Crippen LogP contribution in [0.2, 0.25) is 0 Å². The lowest BCUT2D eigenvalue weighted by molar-refractivity contribution is -0.144. The first-order valence-corrected chi connectivity index (χ1v) is 4.28. The molecular formula is C8H11ClO2. The van der Waals surface area contributed by atoms with E-state index in [2.05, 4.69) is 0 Å². The molecule has 2 nitrogen and oxygen atoms in total. The third-order valence-corrected chi connectivity index (χ3v) is 1.82. The van der Waals surface area contributed by atoms with Crippen LogP contribution < -0.4 is 0 Å². The van der Waals surface area contributed by atoms with Crippen molar-refractivity contribution in [2.24, 2.45) is 0 Å². The van der Waals surface area contributed by atoms with E-state index in [1.165, 1.54) is 0 Å². The third kappa shape index (κ3) is 2.93. The van der Waals surface area contributed by atoms with Crippen molar-refractivity contribution >= 4 is 17.6 Å². The maximum atomic E-state index is 10.7. The molecule has 1 rings (SSSR count). The Hall–Kier alpha value is -0.500. The summed E-state index contributed by atoms with van der Waals surface area (Å²) in [6.45, 7) is 0.